The highest BCUT2D eigenvalue weighted by Crippen LogP contribution is 2.43. The first-order valence-corrected chi connectivity index (χ1v) is 6.94. The molecule has 2 atom stereocenters. The fourth-order valence-corrected chi connectivity index (χ4v) is 3.17. The lowest BCUT2D eigenvalue weighted by Gasteiger charge is -2.44. The number of rotatable bonds is 5. The van der Waals surface area contributed by atoms with Crippen LogP contribution in [0.4, 0.5) is 0 Å². The third kappa shape index (κ3) is 2.98. The molecule has 2 nitrogen and oxygen atoms in total. The van der Waals surface area contributed by atoms with Crippen molar-refractivity contribution in [3.05, 3.63) is 0 Å². The van der Waals surface area contributed by atoms with Crippen LogP contribution in [0.5, 0.6) is 0 Å². The molecule has 0 spiro atoms. The van der Waals surface area contributed by atoms with Crippen molar-refractivity contribution < 1.29 is 5.11 Å². The molecule has 0 aromatic heterocycles. The van der Waals surface area contributed by atoms with Gasteiger partial charge in [0.15, 0.2) is 0 Å². The maximum Gasteiger partial charge on any atom is 0.0633 e. The highest BCUT2D eigenvalue weighted by atomic mass is 16.3. The van der Waals surface area contributed by atoms with Crippen LogP contribution in [0, 0.1) is 17.3 Å². The average Bonchev–Trinajstić information content (AvgIpc) is 2.30. The Bertz CT molecular complexity index is 197. The van der Waals surface area contributed by atoms with E-state index in [0.29, 0.717) is 12.5 Å². The van der Waals surface area contributed by atoms with Crippen molar-refractivity contribution in [2.75, 3.05) is 6.54 Å². The highest BCUT2D eigenvalue weighted by molar-refractivity contribution is 4.93. The molecular formula is C14H29NO. The van der Waals surface area contributed by atoms with Crippen LogP contribution in [-0.4, -0.2) is 17.8 Å². The van der Waals surface area contributed by atoms with Gasteiger partial charge in [-0.15, -0.1) is 0 Å². The van der Waals surface area contributed by atoms with Crippen molar-refractivity contribution in [1.82, 2.24) is 0 Å². The van der Waals surface area contributed by atoms with E-state index < -0.39 is 0 Å². The Morgan fingerprint density at radius 3 is 2.38 bits per heavy atom. The Kier molecular flexibility index (Phi) is 5.26. The lowest BCUT2D eigenvalue weighted by molar-refractivity contribution is -0.0408. The van der Waals surface area contributed by atoms with Gasteiger partial charge in [-0.05, 0) is 31.1 Å². The van der Waals surface area contributed by atoms with Gasteiger partial charge < -0.3 is 10.8 Å². The van der Waals surface area contributed by atoms with E-state index >= 15 is 0 Å². The number of hydrogen-bond donors (Lipinski definition) is 2. The number of hydrogen-bond acceptors (Lipinski definition) is 2. The third-order valence-electron chi connectivity index (χ3n) is 4.59. The maximum atomic E-state index is 10.5. The molecule has 16 heavy (non-hydrogen) atoms. The Labute approximate surface area is 101 Å². The summed E-state index contributed by atoms with van der Waals surface area (Å²) in [5.74, 6) is 1.20. The van der Waals surface area contributed by atoms with Gasteiger partial charge in [-0.2, -0.15) is 0 Å². The summed E-state index contributed by atoms with van der Waals surface area (Å²) >= 11 is 0. The van der Waals surface area contributed by atoms with Gasteiger partial charge in [0.05, 0.1) is 6.10 Å². The Morgan fingerprint density at radius 1 is 1.38 bits per heavy atom. The van der Waals surface area contributed by atoms with E-state index in [2.05, 4.69) is 20.8 Å². The van der Waals surface area contributed by atoms with Crippen LogP contribution in [0.1, 0.15) is 59.3 Å². The predicted molar refractivity (Wildman–Crippen MR) is 69.2 cm³/mol. The molecule has 0 aromatic carbocycles. The van der Waals surface area contributed by atoms with Crippen LogP contribution >= 0.6 is 0 Å². The minimum Gasteiger partial charge on any atom is -0.392 e. The molecule has 3 N–H and O–H groups in total. The molecule has 1 fully saturated rings. The first-order valence-electron chi connectivity index (χ1n) is 6.94. The summed E-state index contributed by atoms with van der Waals surface area (Å²) in [4.78, 5) is 0. The number of aliphatic hydroxyl groups excluding tert-OH is 1. The highest BCUT2D eigenvalue weighted by Gasteiger charge is 2.41. The van der Waals surface area contributed by atoms with Gasteiger partial charge in [0, 0.05) is 12.0 Å². The van der Waals surface area contributed by atoms with E-state index in [1.54, 1.807) is 0 Å². The maximum absolute atomic E-state index is 10.5. The zero-order valence-electron chi connectivity index (χ0n) is 11.2. The monoisotopic (exact) mass is 227 g/mol. The van der Waals surface area contributed by atoms with Crippen molar-refractivity contribution in [3.63, 3.8) is 0 Å². The van der Waals surface area contributed by atoms with Gasteiger partial charge in [-0.1, -0.05) is 40.0 Å². The molecule has 0 aromatic rings. The normalized spacial score (nSPS) is 34.7. The molecule has 1 saturated carbocycles. The summed E-state index contributed by atoms with van der Waals surface area (Å²) < 4.78 is 0. The SMILES string of the molecule is CCCC(C)C(O)C1(CN)CCC(C)CC1. The second-order valence-electron chi connectivity index (χ2n) is 5.96. The predicted octanol–water partition coefficient (Wildman–Crippen LogP) is 2.94. The summed E-state index contributed by atoms with van der Waals surface area (Å²) in [5.41, 5.74) is 5.97. The van der Waals surface area contributed by atoms with Gasteiger partial charge in [0.2, 0.25) is 0 Å². The summed E-state index contributed by atoms with van der Waals surface area (Å²) in [5, 5.41) is 10.5. The Morgan fingerprint density at radius 2 is 1.94 bits per heavy atom. The average molecular weight is 227 g/mol. The summed E-state index contributed by atoms with van der Waals surface area (Å²) in [6.07, 6.45) is 6.73. The Hall–Kier alpha value is -0.0800. The van der Waals surface area contributed by atoms with E-state index in [1.165, 1.54) is 12.8 Å². The fourth-order valence-electron chi connectivity index (χ4n) is 3.17. The molecular weight excluding hydrogens is 198 g/mol. The first-order chi connectivity index (χ1) is 7.55. The lowest BCUT2D eigenvalue weighted by atomic mass is 9.64. The summed E-state index contributed by atoms with van der Waals surface area (Å²) in [6, 6.07) is 0. The van der Waals surface area contributed by atoms with Crippen LogP contribution in [0.2, 0.25) is 0 Å². The smallest absolute Gasteiger partial charge is 0.0633 e. The van der Waals surface area contributed by atoms with E-state index in [0.717, 1.165) is 31.6 Å². The molecule has 1 rings (SSSR count). The van der Waals surface area contributed by atoms with Gasteiger partial charge in [-0.3, -0.25) is 0 Å². The van der Waals surface area contributed by atoms with Gasteiger partial charge >= 0.3 is 0 Å². The van der Waals surface area contributed by atoms with E-state index in [-0.39, 0.29) is 11.5 Å². The van der Waals surface area contributed by atoms with Crippen molar-refractivity contribution in [2.45, 2.75) is 65.4 Å². The van der Waals surface area contributed by atoms with Crippen molar-refractivity contribution in [1.29, 1.82) is 0 Å². The van der Waals surface area contributed by atoms with Crippen molar-refractivity contribution >= 4 is 0 Å². The third-order valence-corrected chi connectivity index (χ3v) is 4.59. The molecule has 2 unspecified atom stereocenters. The largest absolute Gasteiger partial charge is 0.392 e. The fraction of sp³-hybridized carbons (Fsp3) is 1.00. The van der Waals surface area contributed by atoms with Crippen LogP contribution in [-0.2, 0) is 0 Å². The minimum atomic E-state index is -0.204. The Balaban J connectivity index is 2.64. The van der Waals surface area contributed by atoms with Crippen molar-refractivity contribution in [2.24, 2.45) is 23.0 Å². The zero-order valence-corrected chi connectivity index (χ0v) is 11.2. The summed E-state index contributed by atoms with van der Waals surface area (Å²) in [6.45, 7) is 7.31. The molecule has 96 valence electrons. The van der Waals surface area contributed by atoms with Gasteiger partial charge in [0.1, 0.15) is 0 Å². The summed E-state index contributed by atoms with van der Waals surface area (Å²) in [7, 11) is 0. The van der Waals surface area contributed by atoms with E-state index in [9.17, 15) is 5.11 Å². The molecule has 1 aliphatic rings. The van der Waals surface area contributed by atoms with Crippen molar-refractivity contribution in [3.8, 4) is 0 Å². The van der Waals surface area contributed by atoms with Crippen LogP contribution in [0.3, 0.4) is 0 Å². The molecule has 1 aliphatic carbocycles. The first kappa shape index (κ1) is 14.0. The second-order valence-corrected chi connectivity index (χ2v) is 5.96. The van der Waals surface area contributed by atoms with Gasteiger partial charge in [0.25, 0.3) is 0 Å². The number of nitrogens with two attached hydrogens (primary N) is 1. The van der Waals surface area contributed by atoms with E-state index in [1.807, 2.05) is 0 Å². The molecule has 0 amide bonds. The topological polar surface area (TPSA) is 46.2 Å². The quantitative estimate of drug-likeness (QED) is 0.758. The second kappa shape index (κ2) is 6.02. The van der Waals surface area contributed by atoms with Crippen LogP contribution in [0.15, 0.2) is 0 Å². The molecule has 0 heterocycles. The standard InChI is InChI=1S/C14H29NO/c1-4-5-12(3)13(16)14(10-15)8-6-11(2)7-9-14/h11-13,16H,4-10,15H2,1-3H3. The van der Waals surface area contributed by atoms with Crippen LogP contribution < -0.4 is 5.73 Å². The molecule has 0 bridgehead atoms. The number of aliphatic hydroxyl groups is 1. The molecule has 0 radical (unpaired) electrons. The molecule has 0 saturated heterocycles. The lowest BCUT2D eigenvalue weighted by Crippen LogP contribution is -2.47. The molecule has 2 heteroatoms. The van der Waals surface area contributed by atoms with E-state index in [4.69, 9.17) is 5.73 Å². The minimum absolute atomic E-state index is 0.0150. The molecule has 0 aliphatic heterocycles. The van der Waals surface area contributed by atoms with Gasteiger partial charge in [-0.25, -0.2) is 0 Å². The van der Waals surface area contributed by atoms with Crippen LogP contribution in [0.25, 0.3) is 0 Å². The zero-order chi connectivity index (χ0) is 12.2.